The molecule has 0 radical (unpaired) electrons. The van der Waals surface area contributed by atoms with Crippen molar-refractivity contribution >= 4 is 17.3 Å². The Bertz CT molecular complexity index is 804. The highest BCUT2D eigenvalue weighted by Crippen LogP contribution is 2.30. The Balaban J connectivity index is 1.78. The Kier molecular flexibility index (Phi) is 4.15. The molecule has 0 saturated heterocycles. The zero-order chi connectivity index (χ0) is 16.2. The lowest BCUT2D eigenvalue weighted by Crippen LogP contribution is -1.99. The maximum Gasteiger partial charge on any atom is 0.307 e. The summed E-state index contributed by atoms with van der Waals surface area (Å²) in [7, 11) is 0. The van der Waals surface area contributed by atoms with Gasteiger partial charge in [0.1, 0.15) is 11.5 Å². The van der Waals surface area contributed by atoms with E-state index in [9.17, 15) is 4.79 Å². The number of benzene rings is 2. The van der Waals surface area contributed by atoms with Gasteiger partial charge >= 0.3 is 5.97 Å². The summed E-state index contributed by atoms with van der Waals surface area (Å²) in [5, 5.41) is 12.1. The number of carboxylic acid groups (broad SMARTS) is 1. The zero-order valence-electron chi connectivity index (χ0n) is 12.7. The number of hydrogen-bond donors (Lipinski definition) is 2. The molecule has 2 aromatic carbocycles. The third kappa shape index (κ3) is 3.61. The van der Waals surface area contributed by atoms with Crippen molar-refractivity contribution in [3.8, 4) is 11.3 Å². The van der Waals surface area contributed by atoms with Gasteiger partial charge in [-0.1, -0.05) is 42.5 Å². The van der Waals surface area contributed by atoms with Crippen molar-refractivity contribution in [2.75, 3.05) is 5.32 Å². The number of rotatable bonds is 5. The van der Waals surface area contributed by atoms with E-state index in [-0.39, 0.29) is 6.42 Å². The summed E-state index contributed by atoms with van der Waals surface area (Å²) in [4.78, 5) is 10.7. The first-order valence-corrected chi connectivity index (χ1v) is 7.35. The lowest BCUT2D eigenvalue weighted by molar-refractivity contribution is -0.136. The molecule has 0 bridgehead atoms. The van der Waals surface area contributed by atoms with E-state index in [2.05, 4.69) is 5.32 Å². The molecule has 0 fully saturated rings. The van der Waals surface area contributed by atoms with Crippen LogP contribution in [0.15, 0.2) is 65.1 Å². The third-order valence-electron chi connectivity index (χ3n) is 3.56. The van der Waals surface area contributed by atoms with E-state index >= 15 is 0 Å². The Labute approximate surface area is 134 Å². The summed E-state index contributed by atoms with van der Waals surface area (Å²) in [6, 6.07) is 19.2. The van der Waals surface area contributed by atoms with Crippen molar-refractivity contribution in [3.05, 3.63) is 72.0 Å². The van der Waals surface area contributed by atoms with Crippen LogP contribution in [0, 0.1) is 6.92 Å². The van der Waals surface area contributed by atoms with Crippen LogP contribution >= 0.6 is 0 Å². The second-order valence-corrected chi connectivity index (χ2v) is 5.34. The maximum atomic E-state index is 10.7. The van der Waals surface area contributed by atoms with Gasteiger partial charge in [-0.3, -0.25) is 4.79 Å². The topological polar surface area (TPSA) is 62.5 Å². The van der Waals surface area contributed by atoms with Crippen molar-refractivity contribution < 1.29 is 14.3 Å². The monoisotopic (exact) mass is 307 g/mol. The van der Waals surface area contributed by atoms with Crippen LogP contribution in [0.4, 0.5) is 11.4 Å². The molecule has 0 spiro atoms. The summed E-state index contributed by atoms with van der Waals surface area (Å²) < 4.78 is 5.81. The molecule has 0 saturated carbocycles. The van der Waals surface area contributed by atoms with E-state index in [0.717, 1.165) is 34.0 Å². The summed E-state index contributed by atoms with van der Waals surface area (Å²) >= 11 is 0. The predicted molar refractivity (Wildman–Crippen MR) is 89.9 cm³/mol. The summed E-state index contributed by atoms with van der Waals surface area (Å²) in [5.74, 6) is 0.787. The summed E-state index contributed by atoms with van der Waals surface area (Å²) in [5.41, 5.74) is 3.59. The summed E-state index contributed by atoms with van der Waals surface area (Å²) in [6.07, 6.45) is 0.0309. The van der Waals surface area contributed by atoms with Crippen LogP contribution in [0.5, 0.6) is 0 Å². The Morgan fingerprint density at radius 1 is 1.09 bits per heavy atom. The van der Waals surface area contributed by atoms with Gasteiger partial charge in [0.05, 0.1) is 12.1 Å². The van der Waals surface area contributed by atoms with Gasteiger partial charge < -0.3 is 14.8 Å². The van der Waals surface area contributed by atoms with Gasteiger partial charge in [0, 0.05) is 17.3 Å². The molecule has 2 N–H and O–H groups in total. The number of carbonyl (C=O) groups is 1. The molecule has 0 unspecified atom stereocenters. The fourth-order valence-electron chi connectivity index (χ4n) is 2.39. The molecular weight excluding hydrogens is 290 g/mol. The van der Waals surface area contributed by atoms with Crippen LogP contribution in [-0.2, 0) is 11.2 Å². The lowest BCUT2D eigenvalue weighted by atomic mass is 10.1. The number of aryl methyl sites for hydroxylation is 1. The second-order valence-electron chi connectivity index (χ2n) is 5.34. The van der Waals surface area contributed by atoms with Gasteiger partial charge in [-0.2, -0.15) is 0 Å². The van der Waals surface area contributed by atoms with Crippen molar-refractivity contribution in [1.82, 2.24) is 0 Å². The van der Waals surface area contributed by atoms with E-state index in [1.165, 1.54) is 0 Å². The van der Waals surface area contributed by atoms with Gasteiger partial charge in [0.2, 0.25) is 0 Å². The number of carboxylic acids is 1. The normalized spacial score (nSPS) is 10.5. The van der Waals surface area contributed by atoms with Gasteiger partial charge in [-0.25, -0.2) is 0 Å². The molecule has 1 heterocycles. The van der Waals surface area contributed by atoms with Crippen LogP contribution in [0.25, 0.3) is 11.3 Å². The largest absolute Gasteiger partial charge is 0.481 e. The first-order valence-electron chi connectivity index (χ1n) is 7.35. The van der Waals surface area contributed by atoms with Crippen LogP contribution in [-0.4, -0.2) is 11.1 Å². The smallest absolute Gasteiger partial charge is 0.307 e. The van der Waals surface area contributed by atoms with Crippen molar-refractivity contribution in [2.45, 2.75) is 13.3 Å². The Morgan fingerprint density at radius 3 is 2.43 bits per heavy atom. The van der Waals surface area contributed by atoms with E-state index < -0.39 is 5.97 Å². The predicted octanol–water partition coefficient (Wildman–Crippen LogP) is 4.63. The van der Waals surface area contributed by atoms with E-state index in [4.69, 9.17) is 9.52 Å². The van der Waals surface area contributed by atoms with Gasteiger partial charge in [0.15, 0.2) is 0 Å². The molecule has 4 heteroatoms. The van der Waals surface area contributed by atoms with Gasteiger partial charge in [-0.05, 0) is 24.6 Å². The standard InChI is InChI=1S/C19H17NO3/c1-13-17(12-18(23-13)15-5-3-2-4-6-15)20-16-9-7-14(8-10-16)11-19(21)22/h2-10,12,20H,11H2,1H3,(H,21,22). The molecule has 0 amide bonds. The van der Waals surface area contributed by atoms with Gasteiger partial charge in [-0.15, -0.1) is 0 Å². The quantitative estimate of drug-likeness (QED) is 0.721. The fraction of sp³-hybridized carbons (Fsp3) is 0.105. The SMILES string of the molecule is Cc1oc(-c2ccccc2)cc1Nc1ccc(CC(=O)O)cc1. The van der Waals surface area contributed by atoms with Crippen molar-refractivity contribution in [2.24, 2.45) is 0 Å². The fourth-order valence-corrected chi connectivity index (χ4v) is 2.39. The highest BCUT2D eigenvalue weighted by Gasteiger charge is 2.09. The average Bonchev–Trinajstić information content (AvgIpc) is 2.91. The first kappa shape index (κ1) is 14.9. The molecule has 0 aliphatic carbocycles. The second kappa shape index (κ2) is 6.40. The minimum atomic E-state index is -0.830. The number of nitrogens with one attached hydrogen (secondary N) is 1. The van der Waals surface area contributed by atoms with Crippen molar-refractivity contribution in [1.29, 1.82) is 0 Å². The molecule has 0 aliphatic rings. The average molecular weight is 307 g/mol. The first-order chi connectivity index (χ1) is 11.1. The minimum absolute atomic E-state index is 0.0309. The Hall–Kier alpha value is -3.01. The molecule has 4 nitrogen and oxygen atoms in total. The van der Waals surface area contributed by atoms with E-state index in [1.54, 1.807) is 0 Å². The van der Waals surface area contributed by atoms with E-state index in [1.807, 2.05) is 67.6 Å². The number of hydrogen-bond acceptors (Lipinski definition) is 3. The zero-order valence-corrected chi connectivity index (χ0v) is 12.7. The van der Waals surface area contributed by atoms with E-state index in [0.29, 0.717) is 0 Å². The molecule has 1 aromatic heterocycles. The van der Waals surface area contributed by atoms with Crippen LogP contribution in [0.1, 0.15) is 11.3 Å². The number of anilines is 2. The summed E-state index contributed by atoms with van der Waals surface area (Å²) in [6.45, 7) is 1.91. The molecule has 116 valence electrons. The van der Waals surface area contributed by atoms with Crippen LogP contribution in [0.2, 0.25) is 0 Å². The molecular formula is C19H17NO3. The highest BCUT2D eigenvalue weighted by molar-refractivity contribution is 5.72. The van der Waals surface area contributed by atoms with Crippen LogP contribution < -0.4 is 5.32 Å². The molecule has 23 heavy (non-hydrogen) atoms. The molecule has 0 atom stereocenters. The van der Waals surface area contributed by atoms with Gasteiger partial charge in [0.25, 0.3) is 0 Å². The molecule has 0 aliphatic heterocycles. The Morgan fingerprint density at radius 2 is 1.78 bits per heavy atom. The number of furan rings is 1. The number of aliphatic carboxylic acids is 1. The molecule has 3 aromatic rings. The minimum Gasteiger partial charge on any atom is -0.481 e. The molecule has 3 rings (SSSR count). The highest BCUT2D eigenvalue weighted by atomic mass is 16.4. The maximum absolute atomic E-state index is 10.7. The third-order valence-corrected chi connectivity index (χ3v) is 3.56. The van der Waals surface area contributed by atoms with Crippen LogP contribution in [0.3, 0.4) is 0 Å². The van der Waals surface area contributed by atoms with Crippen molar-refractivity contribution in [3.63, 3.8) is 0 Å². The lowest BCUT2D eigenvalue weighted by Gasteiger charge is -2.05.